The van der Waals surface area contributed by atoms with Gasteiger partial charge in [-0.15, -0.1) is 0 Å². The zero-order chi connectivity index (χ0) is 25.3. The van der Waals surface area contributed by atoms with Crippen LogP contribution >= 0.6 is 11.6 Å². The molecule has 0 fully saturated rings. The van der Waals surface area contributed by atoms with Crippen molar-refractivity contribution in [2.75, 3.05) is 0 Å². The van der Waals surface area contributed by atoms with E-state index in [4.69, 9.17) is 16.3 Å². The maximum atomic E-state index is 14.8. The number of nitro benzene ring substituents is 1. The number of nitrogens with one attached hydrogen (secondary N) is 1. The topological polar surface area (TPSA) is 116 Å². The van der Waals surface area contributed by atoms with Crippen LogP contribution in [-0.2, 0) is 19.6 Å². The summed E-state index contributed by atoms with van der Waals surface area (Å²) >= 11 is 5.78. The molecule has 2 aromatic rings. The van der Waals surface area contributed by atoms with Crippen LogP contribution in [-0.4, -0.2) is 31.0 Å². The highest BCUT2D eigenvalue weighted by Crippen LogP contribution is 2.32. The fourth-order valence-corrected chi connectivity index (χ4v) is 4.92. The molecule has 0 saturated heterocycles. The lowest BCUT2D eigenvalue weighted by atomic mass is 9.88. The van der Waals surface area contributed by atoms with Gasteiger partial charge in [0.25, 0.3) is 5.69 Å². The zero-order valence-corrected chi connectivity index (χ0v) is 20.7. The Bertz CT molecular complexity index is 1190. The minimum atomic E-state index is -4.61. The van der Waals surface area contributed by atoms with Crippen LogP contribution in [0.1, 0.15) is 50.3 Å². The number of halogens is 2. The third kappa shape index (κ3) is 6.27. The summed E-state index contributed by atoms with van der Waals surface area (Å²) in [5.41, 5.74) is -0.291. The van der Waals surface area contributed by atoms with E-state index in [9.17, 15) is 27.7 Å². The van der Waals surface area contributed by atoms with Gasteiger partial charge < -0.3 is 4.74 Å². The molecule has 1 unspecified atom stereocenters. The lowest BCUT2D eigenvalue weighted by molar-refractivity contribution is -0.387. The van der Waals surface area contributed by atoms with Crippen molar-refractivity contribution in [2.24, 2.45) is 0 Å². The Morgan fingerprint density at radius 2 is 1.82 bits per heavy atom. The van der Waals surface area contributed by atoms with E-state index in [2.05, 4.69) is 4.72 Å². The van der Waals surface area contributed by atoms with Crippen molar-refractivity contribution >= 4 is 33.3 Å². The number of carbonyl (C=O) groups is 1. The van der Waals surface area contributed by atoms with Crippen LogP contribution in [0.2, 0.25) is 5.02 Å². The normalized spacial score (nSPS) is 13.9. The SMILES string of the molecule is Cc1ccc(F)c(C(C)[C@H](NS(=O)(=O)c2ccc(Cl)cc2[N+](=O)[O-])C(=O)OC(C)(C)C)c1C. The van der Waals surface area contributed by atoms with Gasteiger partial charge >= 0.3 is 5.97 Å². The average molecular weight is 501 g/mol. The summed E-state index contributed by atoms with van der Waals surface area (Å²) in [6.45, 7) is 9.71. The smallest absolute Gasteiger partial charge is 0.325 e. The fourth-order valence-electron chi connectivity index (χ4n) is 3.34. The Balaban J connectivity index is 2.62. The van der Waals surface area contributed by atoms with E-state index < -0.39 is 54.9 Å². The Morgan fingerprint density at radius 1 is 1.21 bits per heavy atom. The number of carbonyl (C=O) groups excluding carboxylic acids is 1. The summed E-state index contributed by atoms with van der Waals surface area (Å²) in [4.78, 5) is 22.9. The Labute approximate surface area is 197 Å². The molecule has 0 aliphatic rings. The van der Waals surface area contributed by atoms with E-state index >= 15 is 0 Å². The number of sulfonamides is 1. The van der Waals surface area contributed by atoms with Crippen LogP contribution in [0.3, 0.4) is 0 Å². The summed E-state index contributed by atoms with van der Waals surface area (Å²) in [5, 5.41) is 11.4. The van der Waals surface area contributed by atoms with Gasteiger partial charge in [0.2, 0.25) is 10.0 Å². The first kappa shape index (κ1) is 26.7. The number of hydrogen-bond donors (Lipinski definition) is 1. The van der Waals surface area contributed by atoms with Crippen molar-refractivity contribution in [3.05, 3.63) is 68.0 Å². The van der Waals surface area contributed by atoms with E-state index in [-0.39, 0.29) is 10.6 Å². The van der Waals surface area contributed by atoms with Crippen LogP contribution in [0, 0.1) is 29.8 Å². The second kappa shape index (κ2) is 9.74. The number of aryl methyl sites for hydroxylation is 1. The molecule has 8 nitrogen and oxygen atoms in total. The van der Waals surface area contributed by atoms with Crippen LogP contribution in [0.15, 0.2) is 35.2 Å². The van der Waals surface area contributed by atoms with Gasteiger partial charge in [-0.3, -0.25) is 14.9 Å². The quantitative estimate of drug-likeness (QED) is 0.332. The molecule has 0 amide bonds. The van der Waals surface area contributed by atoms with Gasteiger partial charge in [-0.2, -0.15) is 4.72 Å². The number of rotatable bonds is 7. The molecule has 2 rings (SSSR count). The largest absolute Gasteiger partial charge is 0.459 e. The molecule has 0 spiro atoms. The fraction of sp³-hybridized carbons (Fsp3) is 0.409. The number of benzene rings is 2. The Kier molecular flexibility index (Phi) is 7.88. The first-order valence-electron chi connectivity index (χ1n) is 10.00. The molecule has 0 saturated carbocycles. The van der Waals surface area contributed by atoms with Gasteiger partial charge in [0, 0.05) is 17.0 Å². The van der Waals surface area contributed by atoms with E-state index in [0.29, 0.717) is 5.56 Å². The number of nitrogens with zero attached hydrogens (tertiary/aromatic N) is 1. The number of ether oxygens (including phenoxy) is 1. The zero-order valence-electron chi connectivity index (χ0n) is 19.1. The van der Waals surface area contributed by atoms with Gasteiger partial charge in [0.15, 0.2) is 4.90 Å². The molecule has 0 bridgehead atoms. The van der Waals surface area contributed by atoms with Crippen LogP contribution in [0.5, 0.6) is 0 Å². The predicted octanol–water partition coefficient (Wildman–Crippen LogP) is 4.80. The standard InChI is InChI=1S/C22H26ClFN2O6S/c1-12-7-9-16(24)19(13(12)2)14(3)20(21(27)32-22(4,5)6)25-33(30,31)18-10-8-15(23)11-17(18)26(28)29/h7-11,14,20,25H,1-6H3/t14?,20-/m0/s1. The minimum Gasteiger partial charge on any atom is -0.459 e. The molecule has 0 aliphatic heterocycles. The van der Waals surface area contributed by atoms with E-state index in [0.717, 1.165) is 17.7 Å². The second-order valence-corrected chi connectivity index (χ2v) is 10.8. The summed E-state index contributed by atoms with van der Waals surface area (Å²) in [5.74, 6) is -2.56. The summed E-state index contributed by atoms with van der Waals surface area (Å²) in [7, 11) is -4.61. The molecule has 0 aromatic heterocycles. The first-order chi connectivity index (χ1) is 15.0. The second-order valence-electron chi connectivity index (χ2n) is 8.69. The maximum Gasteiger partial charge on any atom is 0.325 e. The van der Waals surface area contributed by atoms with Gasteiger partial charge in [-0.1, -0.05) is 24.6 Å². The van der Waals surface area contributed by atoms with Gasteiger partial charge in [0.05, 0.1) is 4.92 Å². The molecular weight excluding hydrogens is 475 g/mol. The molecule has 0 heterocycles. The number of hydrogen-bond acceptors (Lipinski definition) is 6. The molecule has 2 aromatic carbocycles. The van der Waals surface area contributed by atoms with Gasteiger partial charge in [0.1, 0.15) is 17.5 Å². The van der Waals surface area contributed by atoms with Crippen molar-refractivity contribution in [1.29, 1.82) is 0 Å². The summed E-state index contributed by atoms with van der Waals surface area (Å²) in [6, 6.07) is 4.28. The third-order valence-corrected chi connectivity index (χ3v) is 6.76. The van der Waals surface area contributed by atoms with Crippen LogP contribution in [0.4, 0.5) is 10.1 Å². The predicted molar refractivity (Wildman–Crippen MR) is 122 cm³/mol. The summed E-state index contributed by atoms with van der Waals surface area (Å²) in [6.07, 6.45) is 0. The highest BCUT2D eigenvalue weighted by Gasteiger charge is 2.38. The van der Waals surface area contributed by atoms with Crippen molar-refractivity contribution in [3.8, 4) is 0 Å². The van der Waals surface area contributed by atoms with Crippen molar-refractivity contribution < 1.29 is 27.3 Å². The van der Waals surface area contributed by atoms with Crippen LogP contribution in [0.25, 0.3) is 0 Å². The molecular formula is C22H26ClFN2O6S. The van der Waals surface area contributed by atoms with Crippen molar-refractivity contribution in [2.45, 2.75) is 64.0 Å². The lowest BCUT2D eigenvalue weighted by Gasteiger charge is -2.29. The highest BCUT2D eigenvalue weighted by molar-refractivity contribution is 7.89. The van der Waals surface area contributed by atoms with Crippen molar-refractivity contribution in [3.63, 3.8) is 0 Å². The first-order valence-corrected chi connectivity index (χ1v) is 11.9. The molecule has 11 heteroatoms. The Hall–Kier alpha value is -2.56. The van der Waals surface area contributed by atoms with E-state index in [1.54, 1.807) is 40.7 Å². The monoisotopic (exact) mass is 500 g/mol. The molecule has 1 N–H and O–H groups in total. The molecule has 0 aliphatic carbocycles. The van der Waals surface area contributed by atoms with Gasteiger partial charge in [-0.25, -0.2) is 12.8 Å². The van der Waals surface area contributed by atoms with E-state index in [1.165, 1.54) is 19.1 Å². The number of esters is 1. The average Bonchev–Trinajstić information content (AvgIpc) is 2.67. The lowest BCUT2D eigenvalue weighted by Crippen LogP contribution is -2.47. The molecule has 2 atom stereocenters. The third-order valence-electron chi connectivity index (χ3n) is 5.04. The molecule has 33 heavy (non-hydrogen) atoms. The van der Waals surface area contributed by atoms with Crippen molar-refractivity contribution in [1.82, 2.24) is 4.72 Å². The summed E-state index contributed by atoms with van der Waals surface area (Å²) < 4.78 is 48.7. The molecule has 0 radical (unpaired) electrons. The maximum absolute atomic E-state index is 14.8. The van der Waals surface area contributed by atoms with E-state index in [1.807, 2.05) is 0 Å². The minimum absolute atomic E-state index is 0.0323. The number of nitro groups is 1. The Morgan fingerprint density at radius 3 is 2.36 bits per heavy atom. The molecule has 180 valence electrons. The van der Waals surface area contributed by atoms with Crippen LogP contribution < -0.4 is 4.72 Å². The highest BCUT2D eigenvalue weighted by atomic mass is 35.5. The van der Waals surface area contributed by atoms with Gasteiger partial charge in [-0.05, 0) is 69.5 Å².